The fourth-order valence-corrected chi connectivity index (χ4v) is 2.83. The topological polar surface area (TPSA) is 74.2 Å². The molecular weight excluding hydrogens is 284 g/mol. The van der Waals surface area contributed by atoms with Gasteiger partial charge in [0.1, 0.15) is 5.71 Å². The van der Waals surface area contributed by atoms with Crippen LogP contribution in [0.1, 0.15) is 26.7 Å². The number of morpholine rings is 1. The normalized spacial score (nSPS) is 21.7. The lowest BCUT2D eigenvalue weighted by molar-refractivity contribution is -0.130. The van der Waals surface area contributed by atoms with E-state index in [-0.39, 0.29) is 17.9 Å². The second kappa shape index (κ2) is 7.69. The molecule has 1 unspecified atom stereocenters. The Hall–Kier alpha value is -1.47. The number of hydrazone groups is 1. The Morgan fingerprint density at radius 2 is 2.00 bits per heavy atom. The molecule has 124 valence electrons. The Bertz CT molecular complexity index is 444. The fraction of sp³-hybridized carbons (Fsp3) is 0.800. The molecule has 2 aliphatic rings. The molecule has 0 spiro atoms. The number of nitrogens with one attached hydrogen (secondary N) is 1. The Balaban J connectivity index is 1.90. The molecule has 0 aromatic heterocycles. The Labute approximate surface area is 131 Å². The number of carbonyl (C=O) groups is 2. The molecule has 2 amide bonds. The van der Waals surface area contributed by atoms with Crippen LogP contribution in [0.4, 0.5) is 0 Å². The van der Waals surface area contributed by atoms with Crippen LogP contribution < -0.4 is 5.32 Å². The van der Waals surface area contributed by atoms with Crippen molar-refractivity contribution in [2.45, 2.75) is 32.7 Å². The number of rotatable bonds is 5. The lowest BCUT2D eigenvalue weighted by Crippen LogP contribution is -2.52. The maximum absolute atomic E-state index is 12.2. The van der Waals surface area contributed by atoms with Gasteiger partial charge in [-0.15, -0.1) is 0 Å². The molecule has 1 saturated heterocycles. The van der Waals surface area contributed by atoms with Gasteiger partial charge in [-0.2, -0.15) is 5.10 Å². The van der Waals surface area contributed by atoms with E-state index in [1.54, 1.807) is 7.05 Å². The van der Waals surface area contributed by atoms with Gasteiger partial charge in [0.25, 0.3) is 5.91 Å². The largest absolute Gasteiger partial charge is 0.379 e. The molecule has 22 heavy (non-hydrogen) atoms. The quantitative estimate of drug-likeness (QED) is 0.780. The second-order valence-electron chi connectivity index (χ2n) is 6.13. The summed E-state index contributed by atoms with van der Waals surface area (Å²) >= 11 is 0. The van der Waals surface area contributed by atoms with Gasteiger partial charge in [-0.3, -0.25) is 14.5 Å². The first-order chi connectivity index (χ1) is 10.5. The average molecular weight is 310 g/mol. The van der Waals surface area contributed by atoms with Crippen LogP contribution in [0, 0.1) is 5.92 Å². The third kappa shape index (κ3) is 4.27. The maximum Gasteiger partial charge on any atom is 0.267 e. The summed E-state index contributed by atoms with van der Waals surface area (Å²) in [6.45, 7) is 8.21. The zero-order valence-electron chi connectivity index (χ0n) is 13.7. The standard InChI is InChI=1S/C15H26N4O3/c1-11(2)13(19-6-8-22-9-7-19)10-16-15(21)12-4-5-14(20)18(3)17-12/h11,13H,4-10H2,1-3H3,(H,16,21). The Morgan fingerprint density at radius 3 is 2.59 bits per heavy atom. The number of hydrogen-bond acceptors (Lipinski definition) is 5. The van der Waals surface area contributed by atoms with Crippen molar-refractivity contribution < 1.29 is 14.3 Å². The van der Waals surface area contributed by atoms with Crippen LogP contribution in [-0.2, 0) is 14.3 Å². The molecule has 2 heterocycles. The Kier molecular flexibility index (Phi) is 5.90. The summed E-state index contributed by atoms with van der Waals surface area (Å²) in [5.41, 5.74) is 0.437. The van der Waals surface area contributed by atoms with E-state index in [1.807, 2.05) is 0 Å². The third-order valence-corrected chi connectivity index (χ3v) is 4.23. The molecule has 1 atom stereocenters. The zero-order valence-corrected chi connectivity index (χ0v) is 13.7. The van der Waals surface area contributed by atoms with Crippen LogP contribution in [0.2, 0.25) is 0 Å². The van der Waals surface area contributed by atoms with Crippen molar-refractivity contribution in [2.24, 2.45) is 11.0 Å². The van der Waals surface area contributed by atoms with Gasteiger partial charge in [0.15, 0.2) is 0 Å². The first-order valence-corrected chi connectivity index (χ1v) is 7.93. The van der Waals surface area contributed by atoms with E-state index in [4.69, 9.17) is 4.74 Å². The number of hydrogen-bond donors (Lipinski definition) is 1. The first kappa shape index (κ1) is 16.9. The second-order valence-corrected chi connectivity index (χ2v) is 6.13. The molecule has 7 heteroatoms. The van der Waals surface area contributed by atoms with Crippen LogP contribution >= 0.6 is 0 Å². The number of ether oxygens (including phenoxy) is 1. The highest BCUT2D eigenvalue weighted by molar-refractivity contribution is 6.39. The van der Waals surface area contributed by atoms with Gasteiger partial charge in [0, 0.05) is 45.6 Å². The van der Waals surface area contributed by atoms with Crippen LogP contribution in [0.25, 0.3) is 0 Å². The molecule has 2 aliphatic heterocycles. The molecule has 2 rings (SSSR count). The molecule has 0 aromatic rings. The smallest absolute Gasteiger partial charge is 0.267 e. The summed E-state index contributed by atoms with van der Waals surface area (Å²) in [7, 11) is 1.58. The van der Waals surface area contributed by atoms with Gasteiger partial charge >= 0.3 is 0 Å². The maximum atomic E-state index is 12.2. The summed E-state index contributed by atoms with van der Waals surface area (Å²) in [5, 5.41) is 8.28. The van der Waals surface area contributed by atoms with Gasteiger partial charge in [-0.05, 0) is 5.92 Å². The lowest BCUT2D eigenvalue weighted by Gasteiger charge is -2.37. The number of amides is 2. The molecule has 1 N–H and O–H groups in total. The van der Waals surface area contributed by atoms with Gasteiger partial charge in [0.2, 0.25) is 5.91 Å². The zero-order chi connectivity index (χ0) is 16.1. The van der Waals surface area contributed by atoms with E-state index >= 15 is 0 Å². The van der Waals surface area contributed by atoms with E-state index in [1.165, 1.54) is 5.01 Å². The molecule has 0 saturated carbocycles. The third-order valence-electron chi connectivity index (χ3n) is 4.23. The van der Waals surface area contributed by atoms with E-state index < -0.39 is 0 Å². The van der Waals surface area contributed by atoms with E-state index in [9.17, 15) is 9.59 Å². The minimum absolute atomic E-state index is 0.0510. The summed E-state index contributed by atoms with van der Waals surface area (Å²) in [6.07, 6.45) is 0.763. The Morgan fingerprint density at radius 1 is 1.32 bits per heavy atom. The van der Waals surface area contributed by atoms with E-state index in [0.29, 0.717) is 31.0 Å². The van der Waals surface area contributed by atoms with Crippen LogP contribution in [0.3, 0.4) is 0 Å². The molecule has 0 aromatic carbocycles. The highest BCUT2D eigenvalue weighted by atomic mass is 16.5. The first-order valence-electron chi connectivity index (χ1n) is 7.93. The van der Waals surface area contributed by atoms with Gasteiger partial charge in [0.05, 0.1) is 13.2 Å². The van der Waals surface area contributed by atoms with Crippen molar-refractivity contribution in [1.29, 1.82) is 0 Å². The summed E-state index contributed by atoms with van der Waals surface area (Å²) in [5.74, 6) is 0.221. The van der Waals surface area contributed by atoms with Crippen molar-refractivity contribution in [3.8, 4) is 0 Å². The van der Waals surface area contributed by atoms with Crippen molar-refractivity contribution in [3.05, 3.63) is 0 Å². The van der Waals surface area contributed by atoms with Gasteiger partial charge in [-0.1, -0.05) is 13.8 Å². The molecular formula is C15H26N4O3. The van der Waals surface area contributed by atoms with Crippen molar-refractivity contribution in [3.63, 3.8) is 0 Å². The molecule has 7 nitrogen and oxygen atoms in total. The molecule has 0 radical (unpaired) electrons. The SMILES string of the molecule is CC(C)C(CNC(=O)C1=NN(C)C(=O)CC1)N1CCOCC1. The number of carbonyl (C=O) groups excluding carboxylic acids is 2. The summed E-state index contributed by atoms with van der Waals surface area (Å²) in [4.78, 5) is 26.0. The van der Waals surface area contributed by atoms with Crippen molar-refractivity contribution in [2.75, 3.05) is 39.9 Å². The van der Waals surface area contributed by atoms with Crippen LogP contribution in [-0.4, -0.2) is 73.4 Å². The average Bonchev–Trinajstić information content (AvgIpc) is 2.50. The predicted octanol–water partition coefficient (Wildman–Crippen LogP) is 0.0676. The highest BCUT2D eigenvalue weighted by Crippen LogP contribution is 2.13. The molecule has 1 fully saturated rings. The van der Waals surface area contributed by atoms with E-state index in [2.05, 4.69) is 29.2 Å². The van der Waals surface area contributed by atoms with Crippen LogP contribution in [0.15, 0.2) is 5.10 Å². The number of nitrogens with zero attached hydrogens (tertiary/aromatic N) is 3. The summed E-state index contributed by atoms with van der Waals surface area (Å²) < 4.78 is 5.39. The van der Waals surface area contributed by atoms with Crippen molar-refractivity contribution in [1.82, 2.24) is 15.2 Å². The molecule has 0 aliphatic carbocycles. The predicted molar refractivity (Wildman–Crippen MR) is 83.5 cm³/mol. The highest BCUT2D eigenvalue weighted by Gasteiger charge is 2.26. The summed E-state index contributed by atoms with van der Waals surface area (Å²) in [6, 6.07) is 0.288. The minimum atomic E-state index is -0.168. The lowest BCUT2D eigenvalue weighted by atomic mass is 10.0. The van der Waals surface area contributed by atoms with Gasteiger partial charge in [-0.25, -0.2) is 5.01 Å². The van der Waals surface area contributed by atoms with Crippen LogP contribution in [0.5, 0.6) is 0 Å². The van der Waals surface area contributed by atoms with Gasteiger partial charge < -0.3 is 10.1 Å². The fourth-order valence-electron chi connectivity index (χ4n) is 2.83. The monoisotopic (exact) mass is 310 g/mol. The van der Waals surface area contributed by atoms with Crippen molar-refractivity contribution >= 4 is 17.5 Å². The van der Waals surface area contributed by atoms with E-state index in [0.717, 1.165) is 26.3 Å². The minimum Gasteiger partial charge on any atom is -0.379 e. The molecule has 0 bridgehead atoms.